The second-order valence-corrected chi connectivity index (χ2v) is 4.84. The summed E-state index contributed by atoms with van der Waals surface area (Å²) in [6.45, 7) is 3.68. The van der Waals surface area contributed by atoms with Crippen LogP contribution in [0.5, 0.6) is 11.5 Å². The smallest absolute Gasteiger partial charge is 0.146 e. The Morgan fingerprint density at radius 2 is 2.16 bits per heavy atom. The number of rotatable bonds is 5. The molecule has 0 unspecified atom stereocenters. The average Bonchev–Trinajstić information content (AvgIpc) is 2.40. The van der Waals surface area contributed by atoms with E-state index in [0.29, 0.717) is 16.0 Å². The maximum Gasteiger partial charge on any atom is 0.146 e. The van der Waals surface area contributed by atoms with E-state index < -0.39 is 0 Å². The minimum atomic E-state index is -0.307. The van der Waals surface area contributed by atoms with Crippen LogP contribution in [0.2, 0.25) is 0 Å². The van der Waals surface area contributed by atoms with Crippen LogP contribution in [-0.4, -0.2) is 11.5 Å². The van der Waals surface area contributed by atoms with Crippen LogP contribution in [0.15, 0.2) is 41.1 Å². The van der Waals surface area contributed by atoms with E-state index in [9.17, 15) is 4.39 Å². The number of halogens is 2. The Balaban J connectivity index is 2.14. The van der Waals surface area contributed by atoms with Crippen molar-refractivity contribution in [2.75, 3.05) is 6.54 Å². The maximum absolute atomic E-state index is 13.0. The topological polar surface area (TPSA) is 34.2 Å². The normalized spacial score (nSPS) is 10.5. The van der Waals surface area contributed by atoms with Gasteiger partial charge in [-0.05, 0) is 52.3 Å². The Hall–Kier alpha value is -1.46. The first-order valence-electron chi connectivity index (χ1n) is 5.96. The summed E-state index contributed by atoms with van der Waals surface area (Å²) < 4.78 is 19.2. The van der Waals surface area contributed by atoms with Crippen LogP contribution in [0.25, 0.3) is 0 Å². The van der Waals surface area contributed by atoms with Crippen molar-refractivity contribution in [2.24, 2.45) is 0 Å². The zero-order chi connectivity index (χ0) is 13.7. The second kappa shape index (κ2) is 6.63. The van der Waals surface area contributed by atoms with Crippen molar-refractivity contribution in [1.29, 1.82) is 0 Å². The molecule has 0 radical (unpaired) electrons. The van der Waals surface area contributed by atoms with E-state index in [0.717, 1.165) is 18.7 Å². The van der Waals surface area contributed by atoms with Crippen LogP contribution >= 0.6 is 15.9 Å². The van der Waals surface area contributed by atoms with E-state index in [1.165, 1.54) is 12.1 Å². The molecule has 0 spiro atoms. The van der Waals surface area contributed by atoms with Gasteiger partial charge in [0.2, 0.25) is 0 Å². The predicted octanol–water partition coefficient (Wildman–Crippen LogP) is 3.89. The molecule has 0 amide bonds. The van der Waals surface area contributed by atoms with Gasteiger partial charge in [-0.3, -0.25) is 4.98 Å². The van der Waals surface area contributed by atoms with E-state index in [1.807, 2.05) is 13.0 Å². The minimum Gasteiger partial charge on any atom is -0.455 e. The molecule has 0 aliphatic heterocycles. The predicted molar refractivity (Wildman–Crippen MR) is 75.8 cm³/mol. The van der Waals surface area contributed by atoms with Crippen LogP contribution in [0.1, 0.15) is 12.5 Å². The van der Waals surface area contributed by atoms with Crippen molar-refractivity contribution in [3.8, 4) is 11.5 Å². The average molecular weight is 325 g/mol. The highest BCUT2D eigenvalue weighted by atomic mass is 79.9. The van der Waals surface area contributed by atoms with Crippen LogP contribution in [-0.2, 0) is 6.54 Å². The first-order valence-corrected chi connectivity index (χ1v) is 6.76. The summed E-state index contributed by atoms with van der Waals surface area (Å²) in [5.74, 6) is 0.879. The Morgan fingerprint density at radius 1 is 1.32 bits per heavy atom. The summed E-state index contributed by atoms with van der Waals surface area (Å²) in [5.41, 5.74) is 1.04. The molecule has 0 atom stereocenters. The van der Waals surface area contributed by atoms with Gasteiger partial charge in [0, 0.05) is 12.7 Å². The van der Waals surface area contributed by atoms with Crippen molar-refractivity contribution >= 4 is 15.9 Å². The van der Waals surface area contributed by atoms with E-state index in [2.05, 4.69) is 26.2 Å². The number of ether oxygens (including phenoxy) is 1. The molecule has 100 valence electrons. The Kier molecular flexibility index (Phi) is 4.87. The largest absolute Gasteiger partial charge is 0.455 e. The zero-order valence-electron chi connectivity index (χ0n) is 10.5. The molecule has 0 fully saturated rings. The standard InChI is InChI=1S/C14H14BrFN2O/c1-2-17-7-10-5-12(9-18-8-10)19-14-4-3-11(16)6-13(14)15/h3-6,8-9,17H,2,7H2,1H3. The van der Waals surface area contributed by atoms with Crippen LogP contribution in [0.4, 0.5) is 4.39 Å². The molecule has 0 aliphatic carbocycles. The molecule has 5 heteroatoms. The summed E-state index contributed by atoms with van der Waals surface area (Å²) in [5, 5.41) is 3.22. The van der Waals surface area contributed by atoms with Gasteiger partial charge in [-0.25, -0.2) is 4.39 Å². The van der Waals surface area contributed by atoms with E-state index in [-0.39, 0.29) is 5.82 Å². The Morgan fingerprint density at radius 3 is 2.89 bits per heavy atom. The zero-order valence-corrected chi connectivity index (χ0v) is 12.1. The fourth-order valence-corrected chi connectivity index (χ4v) is 2.00. The summed E-state index contributed by atoms with van der Waals surface area (Å²) in [4.78, 5) is 4.13. The highest BCUT2D eigenvalue weighted by Gasteiger charge is 2.05. The van der Waals surface area contributed by atoms with Gasteiger partial charge >= 0.3 is 0 Å². The van der Waals surface area contributed by atoms with Crippen molar-refractivity contribution in [3.63, 3.8) is 0 Å². The molecule has 1 aromatic heterocycles. The van der Waals surface area contributed by atoms with Gasteiger partial charge in [0.1, 0.15) is 17.3 Å². The molecule has 1 N–H and O–H groups in total. The fraction of sp³-hybridized carbons (Fsp3) is 0.214. The minimum absolute atomic E-state index is 0.307. The quantitative estimate of drug-likeness (QED) is 0.906. The van der Waals surface area contributed by atoms with E-state index >= 15 is 0 Å². The molecular formula is C14H14BrFN2O. The number of nitrogens with one attached hydrogen (secondary N) is 1. The van der Waals surface area contributed by atoms with Crippen LogP contribution in [0.3, 0.4) is 0 Å². The third-order valence-corrected chi connectivity index (χ3v) is 3.09. The van der Waals surface area contributed by atoms with E-state index in [1.54, 1.807) is 18.5 Å². The van der Waals surface area contributed by atoms with Crippen LogP contribution in [0, 0.1) is 5.82 Å². The van der Waals surface area contributed by atoms with Crippen molar-refractivity contribution in [1.82, 2.24) is 10.3 Å². The molecule has 0 aliphatic rings. The first-order chi connectivity index (χ1) is 9.19. The lowest BCUT2D eigenvalue weighted by atomic mass is 10.2. The van der Waals surface area contributed by atoms with Crippen molar-refractivity contribution < 1.29 is 9.13 Å². The molecule has 2 rings (SSSR count). The lowest BCUT2D eigenvalue weighted by molar-refractivity contribution is 0.474. The highest BCUT2D eigenvalue weighted by molar-refractivity contribution is 9.10. The van der Waals surface area contributed by atoms with Crippen LogP contribution < -0.4 is 10.1 Å². The lowest BCUT2D eigenvalue weighted by Crippen LogP contribution is -2.11. The molecular weight excluding hydrogens is 311 g/mol. The van der Waals surface area contributed by atoms with Gasteiger partial charge in [0.15, 0.2) is 0 Å². The van der Waals surface area contributed by atoms with Crippen molar-refractivity contribution in [2.45, 2.75) is 13.5 Å². The number of benzene rings is 1. The number of aromatic nitrogens is 1. The SMILES string of the molecule is CCNCc1cncc(Oc2ccc(F)cc2Br)c1. The molecule has 0 bridgehead atoms. The Labute approximate surface area is 119 Å². The first kappa shape index (κ1) is 14.0. The molecule has 3 nitrogen and oxygen atoms in total. The maximum atomic E-state index is 13.0. The summed E-state index contributed by atoms with van der Waals surface area (Å²) >= 11 is 3.27. The Bertz CT molecular complexity index is 563. The monoisotopic (exact) mass is 324 g/mol. The lowest BCUT2D eigenvalue weighted by Gasteiger charge is -2.09. The molecule has 0 saturated carbocycles. The fourth-order valence-electron chi connectivity index (χ4n) is 1.57. The van der Waals surface area contributed by atoms with Gasteiger partial charge in [-0.2, -0.15) is 0 Å². The molecule has 2 aromatic rings. The second-order valence-electron chi connectivity index (χ2n) is 3.99. The van der Waals surface area contributed by atoms with Gasteiger partial charge in [-0.15, -0.1) is 0 Å². The molecule has 0 saturated heterocycles. The summed E-state index contributed by atoms with van der Waals surface area (Å²) in [6.07, 6.45) is 3.42. The van der Waals surface area contributed by atoms with E-state index in [4.69, 9.17) is 4.74 Å². The number of pyridine rings is 1. The van der Waals surface area contributed by atoms with Gasteiger partial charge < -0.3 is 10.1 Å². The number of hydrogen-bond donors (Lipinski definition) is 1. The van der Waals surface area contributed by atoms with Gasteiger partial charge in [0.25, 0.3) is 0 Å². The number of nitrogens with zero attached hydrogens (tertiary/aromatic N) is 1. The third-order valence-electron chi connectivity index (χ3n) is 2.47. The highest BCUT2D eigenvalue weighted by Crippen LogP contribution is 2.30. The summed E-state index contributed by atoms with van der Waals surface area (Å²) in [7, 11) is 0. The molecule has 19 heavy (non-hydrogen) atoms. The van der Waals surface area contributed by atoms with Gasteiger partial charge in [0.05, 0.1) is 10.7 Å². The summed E-state index contributed by atoms with van der Waals surface area (Å²) in [6, 6.07) is 6.21. The van der Waals surface area contributed by atoms with Gasteiger partial charge in [-0.1, -0.05) is 6.92 Å². The van der Waals surface area contributed by atoms with Crippen molar-refractivity contribution in [3.05, 3.63) is 52.5 Å². The number of hydrogen-bond acceptors (Lipinski definition) is 3. The molecule has 1 aromatic carbocycles. The third kappa shape index (κ3) is 4.01. The molecule has 1 heterocycles.